The molecule has 1 unspecified atom stereocenters. The number of methoxy groups -OCH3 is 3. The van der Waals surface area contributed by atoms with Gasteiger partial charge < -0.3 is 24.4 Å². The maximum Gasteiger partial charge on any atom is 0.193 e. The molecule has 0 spiro atoms. The standard InChI is InChI=1S/C21H34N4O3/c1-22-21(25-12-8-16(15-25)24-10-5-6-11-24)23-9-7-18-19(27-3)13-17(26-2)14-20(18)28-4/h13-14,16H,5-12,15H2,1-4H3,(H,22,23). The summed E-state index contributed by atoms with van der Waals surface area (Å²) >= 11 is 0. The first-order valence-corrected chi connectivity index (χ1v) is 10.2. The van der Waals surface area contributed by atoms with Crippen LogP contribution in [-0.4, -0.2) is 82.9 Å². The predicted octanol–water partition coefficient (Wildman–Crippen LogP) is 2.00. The van der Waals surface area contributed by atoms with Crippen molar-refractivity contribution in [3.63, 3.8) is 0 Å². The van der Waals surface area contributed by atoms with E-state index in [0.29, 0.717) is 6.04 Å². The molecule has 7 nitrogen and oxygen atoms in total. The molecule has 1 aromatic rings. The Bertz CT molecular complexity index is 649. The number of nitrogens with zero attached hydrogens (tertiary/aromatic N) is 3. The highest BCUT2D eigenvalue weighted by molar-refractivity contribution is 5.80. The zero-order valence-electron chi connectivity index (χ0n) is 17.7. The largest absolute Gasteiger partial charge is 0.496 e. The third-order valence-electron chi connectivity index (χ3n) is 5.81. The number of guanidine groups is 1. The Morgan fingerprint density at radius 2 is 1.75 bits per heavy atom. The van der Waals surface area contributed by atoms with E-state index < -0.39 is 0 Å². The van der Waals surface area contributed by atoms with Gasteiger partial charge in [-0.05, 0) is 38.8 Å². The summed E-state index contributed by atoms with van der Waals surface area (Å²) in [7, 11) is 6.85. The second kappa shape index (κ2) is 9.87. The number of rotatable bonds is 7. The first-order valence-electron chi connectivity index (χ1n) is 10.2. The van der Waals surface area contributed by atoms with Gasteiger partial charge in [-0.3, -0.25) is 9.89 Å². The molecule has 1 N–H and O–H groups in total. The van der Waals surface area contributed by atoms with Crippen molar-refractivity contribution in [2.75, 3.05) is 61.1 Å². The summed E-state index contributed by atoms with van der Waals surface area (Å²) in [6.07, 6.45) is 4.68. The molecule has 0 radical (unpaired) electrons. The van der Waals surface area contributed by atoms with Gasteiger partial charge in [0, 0.05) is 50.4 Å². The van der Waals surface area contributed by atoms with Crippen LogP contribution in [-0.2, 0) is 6.42 Å². The molecule has 2 fully saturated rings. The molecule has 1 atom stereocenters. The van der Waals surface area contributed by atoms with Crippen LogP contribution in [0.25, 0.3) is 0 Å². The van der Waals surface area contributed by atoms with Crippen LogP contribution in [0.5, 0.6) is 17.2 Å². The minimum Gasteiger partial charge on any atom is -0.496 e. The predicted molar refractivity (Wildman–Crippen MR) is 112 cm³/mol. The van der Waals surface area contributed by atoms with E-state index in [0.717, 1.165) is 54.8 Å². The van der Waals surface area contributed by atoms with Gasteiger partial charge in [0.2, 0.25) is 0 Å². The van der Waals surface area contributed by atoms with Gasteiger partial charge in [-0.1, -0.05) is 0 Å². The Labute approximate surface area is 168 Å². The van der Waals surface area contributed by atoms with Crippen LogP contribution in [0.3, 0.4) is 0 Å². The number of ether oxygens (including phenoxy) is 3. The molecular formula is C21H34N4O3. The van der Waals surface area contributed by atoms with Gasteiger partial charge in [-0.2, -0.15) is 0 Å². The molecule has 0 amide bonds. The molecule has 3 rings (SSSR count). The van der Waals surface area contributed by atoms with Crippen molar-refractivity contribution in [2.24, 2.45) is 4.99 Å². The van der Waals surface area contributed by atoms with Crippen LogP contribution in [0.2, 0.25) is 0 Å². The van der Waals surface area contributed by atoms with E-state index in [9.17, 15) is 0 Å². The van der Waals surface area contributed by atoms with E-state index in [4.69, 9.17) is 14.2 Å². The molecule has 1 aromatic carbocycles. The van der Waals surface area contributed by atoms with E-state index in [1.165, 1.54) is 32.4 Å². The number of hydrogen-bond donors (Lipinski definition) is 1. The molecule has 0 bridgehead atoms. The van der Waals surface area contributed by atoms with Crippen molar-refractivity contribution in [1.82, 2.24) is 15.1 Å². The molecule has 2 saturated heterocycles. The average Bonchev–Trinajstić information content (AvgIpc) is 3.42. The van der Waals surface area contributed by atoms with Crippen molar-refractivity contribution in [2.45, 2.75) is 31.7 Å². The van der Waals surface area contributed by atoms with Gasteiger partial charge in [-0.25, -0.2) is 0 Å². The maximum atomic E-state index is 5.55. The minimum absolute atomic E-state index is 0.669. The zero-order chi connectivity index (χ0) is 19.9. The number of likely N-dealkylation sites (tertiary alicyclic amines) is 2. The van der Waals surface area contributed by atoms with Crippen molar-refractivity contribution in [3.8, 4) is 17.2 Å². The van der Waals surface area contributed by atoms with Gasteiger partial charge >= 0.3 is 0 Å². The fourth-order valence-corrected chi connectivity index (χ4v) is 4.29. The third-order valence-corrected chi connectivity index (χ3v) is 5.81. The Kier molecular flexibility index (Phi) is 7.25. The molecule has 2 aliphatic heterocycles. The lowest BCUT2D eigenvalue weighted by atomic mass is 10.1. The normalized spacial score (nSPS) is 20.5. The quantitative estimate of drug-likeness (QED) is 0.568. The molecule has 2 aliphatic rings. The first kappa shape index (κ1) is 20.6. The van der Waals surface area contributed by atoms with Crippen LogP contribution in [0, 0.1) is 0 Å². The molecule has 0 aliphatic carbocycles. The molecule has 0 aromatic heterocycles. The molecule has 0 saturated carbocycles. The highest BCUT2D eigenvalue weighted by Crippen LogP contribution is 2.34. The second-order valence-corrected chi connectivity index (χ2v) is 7.37. The smallest absolute Gasteiger partial charge is 0.193 e. The van der Waals surface area contributed by atoms with Crippen LogP contribution in [0.1, 0.15) is 24.8 Å². The van der Waals surface area contributed by atoms with Crippen molar-refractivity contribution in [1.29, 1.82) is 0 Å². The van der Waals surface area contributed by atoms with E-state index in [2.05, 4.69) is 20.1 Å². The summed E-state index contributed by atoms with van der Waals surface area (Å²) in [5, 5.41) is 3.52. The van der Waals surface area contributed by atoms with E-state index in [1.54, 1.807) is 21.3 Å². The Hall–Kier alpha value is -2.15. The number of hydrogen-bond acceptors (Lipinski definition) is 5. The molecule has 7 heteroatoms. The fourth-order valence-electron chi connectivity index (χ4n) is 4.29. The lowest BCUT2D eigenvalue weighted by Gasteiger charge is -2.25. The summed E-state index contributed by atoms with van der Waals surface area (Å²) in [6, 6.07) is 4.46. The van der Waals surface area contributed by atoms with Crippen molar-refractivity contribution in [3.05, 3.63) is 17.7 Å². The average molecular weight is 391 g/mol. The summed E-state index contributed by atoms with van der Waals surface area (Å²) in [5.41, 5.74) is 1.03. The van der Waals surface area contributed by atoms with Crippen molar-refractivity contribution >= 4 is 5.96 Å². The third kappa shape index (κ3) is 4.63. The topological polar surface area (TPSA) is 58.6 Å². The molecule has 156 valence electrons. The lowest BCUT2D eigenvalue weighted by Crippen LogP contribution is -2.43. The highest BCUT2D eigenvalue weighted by Gasteiger charge is 2.30. The summed E-state index contributed by atoms with van der Waals surface area (Å²) in [6.45, 7) is 5.39. The van der Waals surface area contributed by atoms with Gasteiger partial charge in [-0.15, -0.1) is 0 Å². The highest BCUT2D eigenvalue weighted by atomic mass is 16.5. The minimum atomic E-state index is 0.669. The summed E-state index contributed by atoms with van der Waals surface area (Å²) in [5.74, 6) is 3.27. The monoisotopic (exact) mass is 390 g/mol. The Balaban J connectivity index is 1.58. The fraction of sp³-hybridized carbons (Fsp3) is 0.667. The number of nitrogens with one attached hydrogen (secondary N) is 1. The summed E-state index contributed by atoms with van der Waals surface area (Å²) < 4.78 is 16.4. The van der Waals surface area contributed by atoms with Gasteiger partial charge in [0.05, 0.1) is 21.3 Å². The van der Waals surface area contributed by atoms with Crippen LogP contribution in [0.15, 0.2) is 17.1 Å². The lowest BCUT2D eigenvalue weighted by molar-refractivity contribution is 0.249. The summed E-state index contributed by atoms with van der Waals surface area (Å²) in [4.78, 5) is 9.52. The Morgan fingerprint density at radius 1 is 1.07 bits per heavy atom. The van der Waals surface area contributed by atoms with E-state index in [1.807, 2.05) is 19.2 Å². The number of benzene rings is 1. The van der Waals surface area contributed by atoms with Gasteiger partial charge in [0.1, 0.15) is 17.2 Å². The van der Waals surface area contributed by atoms with Gasteiger partial charge in [0.15, 0.2) is 5.96 Å². The van der Waals surface area contributed by atoms with Crippen LogP contribution in [0.4, 0.5) is 0 Å². The zero-order valence-corrected chi connectivity index (χ0v) is 17.7. The Morgan fingerprint density at radius 3 is 2.32 bits per heavy atom. The van der Waals surface area contributed by atoms with E-state index >= 15 is 0 Å². The molecule has 28 heavy (non-hydrogen) atoms. The van der Waals surface area contributed by atoms with Crippen LogP contribution < -0.4 is 19.5 Å². The first-order chi connectivity index (χ1) is 13.7. The molecule has 2 heterocycles. The van der Waals surface area contributed by atoms with E-state index in [-0.39, 0.29) is 0 Å². The second-order valence-electron chi connectivity index (χ2n) is 7.37. The molecular weight excluding hydrogens is 356 g/mol. The van der Waals surface area contributed by atoms with Crippen LogP contribution >= 0.6 is 0 Å². The SMILES string of the molecule is CN=C(NCCc1c(OC)cc(OC)cc1OC)N1CCC(N2CCCC2)C1. The number of aliphatic imine (C=N–C) groups is 1. The van der Waals surface area contributed by atoms with Gasteiger partial charge in [0.25, 0.3) is 0 Å². The maximum absolute atomic E-state index is 5.55. The van der Waals surface area contributed by atoms with Crippen molar-refractivity contribution < 1.29 is 14.2 Å².